The molecule has 0 spiro atoms. The quantitative estimate of drug-likeness (QED) is 0.809. The molecule has 1 saturated heterocycles. The summed E-state index contributed by atoms with van der Waals surface area (Å²) in [5, 5.41) is 8.05. The molecule has 2 heterocycles. The van der Waals surface area contributed by atoms with E-state index < -0.39 is 6.67 Å². The maximum absolute atomic E-state index is 13.7. The van der Waals surface area contributed by atoms with Crippen molar-refractivity contribution in [2.75, 3.05) is 19.8 Å². The van der Waals surface area contributed by atoms with E-state index in [2.05, 4.69) is 10.2 Å². The van der Waals surface area contributed by atoms with Gasteiger partial charge in [-0.05, 0) is 24.5 Å². The molecule has 2 aromatic rings. The maximum atomic E-state index is 13.7. The lowest BCUT2D eigenvalue weighted by Gasteiger charge is -2.18. The van der Waals surface area contributed by atoms with Crippen LogP contribution < -0.4 is 0 Å². The summed E-state index contributed by atoms with van der Waals surface area (Å²) in [4.78, 5) is 19.2. The molecule has 0 unspecified atom stereocenters. The van der Waals surface area contributed by atoms with Gasteiger partial charge < -0.3 is 4.90 Å². The Bertz CT molecular complexity index is 820. The van der Waals surface area contributed by atoms with E-state index in [1.54, 1.807) is 11.0 Å². The van der Waals surface area contributed by atoms with Crippen LogP contribution in [0.25, 0.3) is 0 Å². The number of alkyl halides is 1. The molecule has 7 heteroatoms. The van der Waals surface area contributed by atoms with Crippen molar-refractivity contribution in [3.63, 3.8) is 0 Å². The number of aromatic amines is 1. The number of benzene rings is 1. The third-order valence-corrected chi connectivity index (χ3v) is 6.50. The highest BCUT2D eigenvalue weighted by Gasteiger charge is 2.38. The van der Waals surface area contributed by atoms with Crippen LogP contribution in [-0.4, -0.2) is 45.8 Å². The number of nitrogens with zero attached hydrogens (tertiary/aromatic N) is 3. The Labute approximate surface area is 169 Å². The molecule has 150 valence electrons. The third kappa shape index (κ3) is 4.07. The Balaban J connectivity index is 1.44. The Morgan fingerprint density at radius 1 is 1.21 bits per heavy atom. The van der Waals surface area contributed by atoms with Crippen molar-refractivity contribution in [3.8, 4) is 0 Å². The Kier molecular flexibility index (Phi) is 5.95. The number of hydrogen-bond donors (Lipinski definition) is 1. The lowest BCUT2D eigenvalue weighted by Crippen LogP contribution is -2.30. The van der Waals surface area contributed by atoms with E-state index in [4.69, 9.17) is 16.6 Å². The molecular weight excluding hydrogens is 379 g/mol. The zero-order valence-electron chi connectivity index (χ0n) is 15.9. The summed E-state index contributed by atoms with van der Waals surface area (Å²) in [6, 6.07) is 7.35. The van der Waals surface area contributed by atoms with Crippen LogP contribution in [0.1, 0.15) is 61.2 Å². The molecule has 1 amide bonds. The van der Waals surface area contributed by atoms with E-state index in [9.17, 15) is 9.18 Å². The van der Waals surface area contributed by atoms with Gasteiger partial charge in [-0.25, -0.2) is 4.98 Å². The molecular formula is C21H26ClFN4O. The standard InChI is InChI=1S/C21H26ClFN4O/c22-18-9-5-4-8-15(18)10-19(28)27-12-16(11-23)17(13-27)21-24-20(25-26-21)14-6-2-1-3-7-14/h4-5,8-9,14,16-17H,1-3,6-7,10-13H2,(H,24,25,26)/t16-,17-/m1/s1. The average molecular weight is 405 g/mol. The van der Waals surface area contributed by atoms with Crippen LogP contribution in [0.4, 0.5) is 4.39 Å². The zero-order valence-corrected chi connectivity index (χ0v) is 16.7. The predicted molar refractivity (Wildman–Crippen MR) is 106 cm³/mol. The summed E-state index contributed by atoms with van der Waals surface area (Å²) in [7, 11) is 0. The smallest absolute Gasteiger partial charge is 0.227 e. The van der Waals surface area contributed by atoms with Crippen LogP contribution in [0.15, 0.2) is 24.3 Å². The van der Waals surface area contributed by atoms with Gasteiger partial charge in [-0.1, -0.05) is 49.1 Å². The minimum atomic E-state index is -0.472. The van der Waals surface area contributed by atoms with Gasteiger partial charge >= 0.3 is 0 Å². The fourth-order valence-corrected chi connectivity index (χ4v) is 4.66. The van der Waals surface area contributed by atoms with Crippen molar-refractivity contribution in [3.05, 3.63) is 46.5 Å². The molecule has 0 radical (unpaired) electrons. The van der Waals surface area contributed by atoms with Gasteiger partial charge in [0.15, 0.2) is 5.82 Å². The number of likely N-dealkylation sites (tertiary alicyclic amines) is 1. The minimum Gasteiger partial charge on any atom is -0.341 e. The average Bonchev–Trinajstić information content (AvgIpc) is 3.37. The summed E-state index contributed by atoms with van der Waals surface area (Å²) >= 11 is 6.18. The van der Waals surface area contributed by atoms with E-state index in [1.165, 1.54) is 19.3 Å². The van der Waals surface area contributed by atoms with Crippen LogP contribution in [-0.2, 0) is 11.2 Å². The van der Waals surface area contributed by atoms with Crippen molar-refractivity contribution in [2.45, 2.75) is 50.4 Å². The lowest BCUT2D eigenvalue weighted by molar-refractivity contribution is -0.129. The van der Waals surface area contributed by atoms with Crippen molar-refractivity contribution in [1.82, 2.24) is 20.1 Å². The van der Waals surface area contributed by atoms with Crippen molar-refractivity contribution >= 4 is 17.5 Å². The highest BCUT2D eigenvalue weighted by molar-refractivity contribution is 6.31. The van der Waals surface area contributed by atoms with Crippen molar-refractivity contribution < 1.29 is 9.18 Å². The van der Waals surface area contributed by atoms with Gasteiger partial charge in [0.2, 0.25) is 5.91 Å². The number of nitrogens with one attached hydrogen (secondary N) is 1. The number of carbonyl (C=O) groups excluding carboxylic acids is 1. The normalized spacial score (nSPS) is 23.3. The van der Waals surface area contributed by atoms with E-state index in [0.29, 0.717) is 24.0 Å². The van der Waals surface area contributed by atoms with Gasteiger partial charge in [-0.3, -0.25) is 14.3 Å². The molecule has 1 N–H and O–H groups in total. The first-order valence-corrected chi connectivity index (χ1v) is 10.5. The summed E-state index contributed by atoms with van der Waals surface area (Å²) in [5.74, 6) is 1.57. The highest BCUT2D eigenvalue weighted by atomic mass is 35.5. The molecule has 1 aromatic heterocycles. The Morgan fingerprint density at radius 2 is 2.00 bits per heavy atom. The number of hydrogen-bond acceptors (Lipinski definition) is 3. The molecule has 1 saturated carbocycles. The Hall–Kier alpha value is -1.95. The first-order chi connectivity index (χ1) is 13.7. The molecule has 5 nitrogen and oxygen atoms in total. The zero-order chi connectivity index (χ0) is 19.5. The topological polar surface area (TPSA) is 61.9 Å². The molecule has 1 aliphatic carbocycles. The van der Waals surface area contributed by atoms with E-state index in [1.807, 2.05) is 18.2 Å². The molecule has 4 rings (SSSR count). The van der Waals surface area contributed by atoms with E-state index in [0.717, 1.165) is 30.1 Å². The predicted octanol–water partition coefficient (Wildman–Crippen LogP) is 4.26. The molecule has 2 fully saturated rings. The van der Waals surface area contributed by atoms with E-state index in [-0.39, 0.29) is 24.2 Å². The second-order valence-corrected chi connectivity index (χ2v) is 8.41. The lowest BCUT2D eigenvalue weighted by atomic mass is 9.89. The van der Waals surface area contributed by atoms with Crippen LogP contribution in [0.2, 0.25) is 5.02 Å². The first-order valence-electron chi connectivity index (χ1n) is 10.1. The number of H-pyrrole nitrogens is 1. The molecule has 2 atom stereocenters. The van der Waals surface area contributed by atoms with Gasteiger partial charge in [0, 0.05) is 35.9 Å². The number of carbonyl (C=O) groups is 1. The van der Waals surface area contributed by atoms with Gasteiger partial charge in [0.05, 0.1) is 13.1 Å². The summed E-state index contributed by atoms with van der Waals surface area (Å²) in [6.07, 6.45) is 6.19. The monoisotopic (exact) mass is 404 g/mol. The van der Waals surface area contributed by atoms with Gasteiger partial charge in [-0.2, -0.15) is 5.10 Å². The van der Waals surface area contributed by atoms with Crippen LogP contribution in [0.5, 0.6) is 0 Å². The van der Waals surface area contributed by atoms with Crippen LogP contribution >= 0.6 is 11.6 Å². The fraction of sp³-hybridized carbons (Fsp3) is 0.571. The van der Waals surface area contributed by atoms with Gasteiger partial charge in [0.25, 0.3) is 0 Å². The third-order valence-electron chi connectivity index (χ3n) is 6.13. The van der Waals surface area contributed by atoms with E-state index >= 15 is 0 Å². The molecule has 28 heavy (non-hydrogen) atoms. The largest absolute Gasteiger partial charge is 0.341 e. The number of amides is 1. The highest BCUT2D eigenvalue weighted by Crippen LogP contribution is 2.34. The Morgan fingerprint density at radius 3 is 2.75 bits per heavy atom. The van der Waals surface area contributed by atoms with Gasteiger partial charge in [-0.15, -0.1) is 0 Å². The fourth-order valence-electron chi connectivity index (χ4n) is 4.45. The van der Waals surface area contributed by atoms with Crippen LogP contribution in [0.3, 0.4) is 0 Å². The van der Waals surface area contributed by atoms with Crippen LogP contribution in [0, 0.1) is 5.92 Å². The minimum absolute atomic E-state index is 0.0268. The van der Waals surface area contributed by atoms with Gasteiger partial charge in [0.1, 0.15) is 5.82 Å². The molecule has 1 aliphatic heterocycles. The molecule has 2 aliphatic rings. The summed E-state index contributed by atoms with van der Waals surface area (Å²) in [5.41, 5.74) is 0.800. The SMILES string of the molecule is O=C(Cc1ccccc1Cl)N1C[C@@H](CF)[C@H](c2nc(C3CCCCC3)n[nH]2)C1. The second-order valence-electron chi connectivity index (χ2n) is 8.00. The molecule has 1 aromatic carbocycles. The second kappa shape index (κ2) is 8.60. The molecule has 0 bridgehead atoms. The summed E-state index contributed by atoms with van der Waals surface area (Å²) in [6.45, 7) is 0.404. The van der Waals surface area contributed by atoms with Crippen molar-refractivity contribution in [2.24, 2.45) is 5.92 Å². The first kappa shape index (κ1) is 19.4. The number of aromatic nitrogens is 3. The number of halogens is 2. The summed E-state index contributed by atoms with van der Waals surface area (Å²) < 4.78 is 13.7. The van der Waals surface area contributed by atoms with Crippen molar-refractivity contribution in [1.29, 1.82) is 0 Å². The number of rotatable bonds is 5. The maximum Gasteiger partial charge on any atom is 0.227 e.